The Morgan fingerprint density at radius 3 is 2.23 bits per heavy atom. The van der Waals surface area contributed by atoms with Gasteiger partial charge in [-0.3, -0.25) is 4.79 Å². The van der Waals surface area contributed by atoms with E-state index in [1.165, 1.54) is 18.4 Å². The van der Waals surface area contributed by atoms with Gasteiger partial charge in [-0.05, 0) is 89.7 Å². The molecular formula is C25H40BNO4. The Morgan fingerprint density at radius 1 is 1.10 bits per heavy atom. The summed E-state index contributed by atoms with van der Waals surface area (Å²) in [5.74, 6) is 0.351. The molecule has 2 fully saturated rings. The van der Waals surface area contributed by atoms with E-state index in [0.717, 1.165) is 37.7 Å². The number of hydrogen-bond acceptors (Lipinski definition) is 5. The second kappa shape index (κ2) is 10.1. The minimum absolute atomic E-state index is 0.0864. The number of carbonyl (C=O) groups is 1. The maximum atomic E-state index is 12.7. The molecule has 6 heteroatoms. The Bertz CT molecular complexity index is 710. The first-order valence-electron chi connectivity index (χ1n) is 12.0. The van der Waals surface area contributed by atoms with Crippen molar-refractivity contribution in [3.63, 3.8) is 0 Å². The smallest absolute Gasteiger partial charge is 0.461 e. The molecule has 0 unspecified atom stereocenters. The van der Waals surface area contributed by atoms with Crippen LogP contribution in [0.3, 0.4) is 0 Å². The number of benzene rings is 1. The summed E-state index contributed by atoms with van der Waals surface area (Å²) in [7, 11) is -0.335. The number of nitrogens with one attached hydrogen (secondary N) is 1. The molecular weight excluding hydrogens is 389 g/mol. The fraction of sp³-hybridized carbons (Fsp3) is 0.720. The Kier molecular flexibility index (Phi) is 7.88. The lowest BCUT2D eigenvalue weighted by Gasteiger charge is -2.32. The highest BCUT2D eigenvalue weighted by atomic mass is 16.7. The molecule has 0 bridgehead atoms. The minimum Gasteiger partial charge on any atom is -0.461 e. The van der Waals surface area contributed by atoms with Crippen molar-refractivity contribution >= 4 is 18.6 Å². The number of hydrogen-bond donors (Lipinski definition) is 1. The highest BCUT2D eigenvalue weighted by Crippen LogP contribution is 2.36. The third-order valence-electron chi connectivity index (χ3n) is 6.89. The third kappa shape index (κ3) is 6.33. The fourth-order valence-corrected chi connectivity index (χ4v) is 4.20. The van der Waals surface area contributed by atoms with E-state index in [1.54, 1.807) is 0 Å². The first-order valence-corrected chi connectivity index (χ1v) is 12.0. The number of carbonyl (C=O) groups excluding carboxylic acids is 1. The Balaban J connectivity index is 1.50. The van der Waals surface area contributed by atoms with Gasteiger partial charge in [0.25, 0.3) is 0 Å². The maximum Gasteiger partial charge on any atom is 0.494 e. The third-order valence-corrected chi connectivity index (χ3v) is 6.89. The van der Waals surface area contributed by atoms with E-state index in [0.29, 0.717) is 5.92 Å². The summed E-state index contributed by atoms with van der Waals surface area (Å²) >= 11 is 0. The summed E-state index contributed by atoms with van der Waals surface area (Å²) < 4.78 is 18.0. The monoisotopic (exact) mass is 429 g/mol. The second-order valence-electron chi connectivity index (χ2n) is 10.6. The highest BCUT2D eigenvalue weighted by molar-refractivity contribution is 6.62. The van der Waals surface area contributed by atoms with Crippen LogP contribution in [0.5, 0.6) is 0 Å². The quantitative estimate of drug-likeness (QED) is 0.475. The van der Waals surface area contributed by atoms with E-state index in [1.807, 2.05) is 0 Å². The normalized spacial score (nSPS) is 21.6. The van der Waals surface area contributed by atoms with Gasteiger partial charge in [-0.15, -0.1) is 0 Å². The number of esters is 1. The van der Waals surface area contributed by atoms with Gasteiger partial charge in [-0.2, -0.15) is 0 Å². The molecule has 1 aromatic carbocycles. The molecule has 1 saturated heterocycles. The Labute approximate surface area is 188 Å². The van der Waals surface area contributed by atoms with Crippen molar-refractivity contribution < 1.29 is 18.8 Å². The highest BCUT2D eigenvalue weighted by Gasteiger charge is 2.51. The molecule has 172 valence electrons. The SMILES string of the molecule is CC(C)C[C@@H](NCCc1ccc(B2OC(C)(C)C(C)(C)O2)cc1)C(=O)OC1CCCC1. The van der Waals surface area contributed by atoms with Crippen molar-refractivity contribution in [2.45, 2.75) is 103 Å². The average Bonchev–Trinajstić information content (AvgIpc) is 3.26. The molecule has 3 rings (SSSR count). The zero-order chi connectivity index (χ0) is 22.6. The van der Waals surface area contributed by atoms with Gasteiger partial charge in [-0.25, -0.2) is 0 Å². The van der Waals surface area contributed by atoms with E-state index < -0.39 is 0 Å². The maximum absolute atomic E-state index is 12.7. The lowest BCUT2D eigenvalue weighted by Crippen LogP contribution is -2.41. The van der Waals surface area contributed by atoms with Crippen LogP contribution in [-0.2, 0) is 25.3 Å². The zero-order valence-electron chi connectivity index (χ0n) is 20.2. The molecule has 1 aliphatic carbocycles. The van der Waals surface area contributed by atoms with E-state index in [9.17, 15) is 4.79 Å². The van der Waals surface area contributed by atoms with Gasteiger partial charge < -0.3 is 19.4 Å². The summed E-state index contributed by atoms with van der Waals surface area (Å²) in [4.78, 5) is 12.7. The minimum atomic E-state index is -0.335. The van der Waals surface area contributed by atoms with E-state index in [2.05, 4.69) is 71.1 Å². The van der Waals surface area contributed by atoms with Crippen LogP contribution in [0.4, 0.5) is 0 Å². The van der Waals surface area contributed by atoms with E-state index >= 15 is 0 Å². The van der Waals surface area contributed by atoms with Gasteiger partial charge >= 0.3 is 13.1 Å². The summed E-state index contributed by atoms with van der Waals surface area (Å²) in [6.45, 7) is 13.3. The zero-order valence-corrected chi connectivity index (χ0v) is 20.2. The largest absolute Gasteiger partial charge is 0.494 e. The summed E-state index contributed by atoms with van der Waals surface area (Å²) in [6, 6.07) is 8.17. The van der Waals surface area contributed by atoms with Gasteiger partial charge in [-0.1, -0.05) is 38.1 Å². The van der Waals surface area contributed by atoms with Crippen LogP contribution in [0.1, 0.15) is 79.2 Å². The van der Waals surface area contributed by atoms with Gasteiger partial charge in [0.05, 0.1) is 11.2 Å². The standard InChI is InChI=1S/C25H40BNO4/c1-18(2)17-22(23(28)29-21-9-7-8-10-21)27-16-15-19-11-13-20(14-12-19)26-30-24(3,4)25(5,6)31-26/h11-14,18,21-22,27H,7-10,15-17H2,1-6H3/t22-/m1/s1. The van der Waals surface area contributed by atoms with Gasteiger partial charge in [0.2, 0.25) is 0 Å². The molecule has 1 atom stereocenters. The Hall–Kier alpha value is -1.37. The van der Waals surface area contributed by atoms with E-state index in [-0.39, 0.29) is 36.4 Å². The molecule has 0 spiro atoms. The predicted molar refractivity (Wildman–Crippen MR) is 125 cm³/mol. The molecule has 2 aliphatic rings. The summed E-state index contributed by atoms with van der Waals surface area (Å²) in [6.07, 6.45) is 6.13. The van der Waals surface area contributed by atoms with Crippen molar-refractivity contribution in [3.8, 4) is 0 Å². The van der Waals surface area contributed by atoms with Crippen LogP contribution in [0, 0.1) is 5.92 Å². The molecule has 5 nitrogen and oxygen atoms in total. The first-order chi connectivity index (χ1) is 14.6. The molecule has 1 heterocycles. The van der Waals surface area contributed by atoms with Gasteiger partial charge in [0.1, 0.15) is 12.1 Å². The molecule has 0 aromatic heterocycles. The van der Waals surface area contributed by atoms with Crippen molar-refractivity contribution in [1.82, 2.24) is 5.32 Å². The van der Waals surface area contributed by atoms with Crippen molar-refractivity contribution in [1.29, 1.82) is 0 Å². The molecule has 1 N–H and O–H groups in total. The summed E-state index contributed by atoms with van der Waals surface area (Å²) in [5, 5.41) is 3.44. The second-order valence-corrected chi connectivity index (χ2v) is 10.6. The van der Waals surface area contributed by atoms with Crippen LogP contribution >= 0.6 is 0 Å². The summed E-state index contributed by atoms with van der Waals surface area (Å²) in [5.41, 5.74) is 1.59. The van der Waals surface area contributed by atoms with Crippen LogP contribution < -0.4 is 10.8 Å². The predicted octanol–water partition coefficient (Wildman–Crippen LogP) is 4.02. The van der Waals surface area contributed by atoms with Crippen LogP contribution in [0.2, 0.25) is 0 Å². The molecule has 1 aromatic rings. The number of rotatable bonds is 9. The fourth-order valence-electron chi connectivity index (χ4n) is 4.20. The molecule has 1 aliphatic heterocycles. The van der Waals surface area contributed by atoms with Crippen molar-refractivity contribution in [2.24, 2.45) is 5.92 Å². The van der Waals surface area contributed by atoms with Crippen LogP contribution in [-0.4, -0.2) is 43.0 Å². The molecule has 0 radical (unpaired) electrons. The van der Waals surface area contributed by atoms with E-state index in [4.69, 9.17) is 14.0 Å². The number of ether oxygens (including phenoxy) is 1. The van der Waals surface area contributed by atoms with Gasteiger partial charge in [0, 0.05) is 0 Å². The molecule has 31 heavy (non-hydrogen) atoms. The molecule has 1 saturated carbocycles. The van der Waals surface area contributed by atoms with Crippen molar-refractivity contribution in [3.05, 3.63) is 29.8 Å². The van der Waals surface area contributed by atoms with Crippen LogP contribution in [0.15, 0.2) is 24.3 Å². The van der Waals surface area contributed by atoms with Crippen molar-refractivity contribution in [2.75, 3.05) is 6.54 Å². The topological polar surface area (TPSA) is 56.8 Å². The average molecular weight is 429 g/mol. The Morgan fingerprint density at radius 2 is 1.68 bits per heavy atom. The lowest BCUT2D eigenvalue weighted by atomic mass is 9.79. The van der Waals surface area contributed by atoms with Gasteiger partial charge in [0.15, 0.2) is 0 Å². The molecule has 0 amide bonds. The van der Waals surface area contributed by atoms with Crippen LogP contribution in [0.25, 0.3) is 0 Å². The lowest BCUT2D eigenvalue weighted by molar-refractivity contribution is -0.151. The first kappa shape index (κ1) is 24.3.